The number of carbonyl (C=O) groups is 1. The average molecular weight is 193 g/mol. The van der Waals surface area contributed by atoms with E-state index in [2.05, 4.69) is 4.98 Å². The molecule has 74 valence electrons. The van der Waals surface area contributed by atoms with Crippen molar-refractivity contribution in [1.29, 1.82) is 0 Å². The van der Waals surface area contributed by atoms with Gasteiger partial charge in [-0.05, 0) is 30.9 Å². The molecule has 0 saturated carbocycles. The highest BCUT2D eigenvalue weighted by Gasteiger charge is 2.17. The third-order valence-corrected chi connectivity index (χ3v) is 2.54. The van der Waals surface area contributed by atoms with Crippen molar-refractivity contribution in [3.63, 3.8) is 0 Å². The zero-order valence-corrected chi connectivity index (χ0v) is 7.92. The van der Waals surface area contributed by atoms with Crippen molar-refractivity contribution in [2.45, 2.75) is 32.4 Å². The van der Waals surface area contributed by atoms with Gasteiger partial charge in [-0.15, -0.1) is 0 Å². The summed E-state index contributed by atoms with van der Waals surface area (Å²) in [7, 11) is 0. The highest BCUT2D eigenvalue weighted by Crippen LogP contribution is 2.19. The second kappa shape index (κ2) is 3.86. The van der Waals surface area contributed by atoms with Gasteiger partial charge in [-0.1, -0.05) is 6.07 Å². The summed E-state index contributed by atoms with van der Waals surface area (Å²) in [5, 5.41) is 0. The molecular formula is C11H12FNO. The van der Waals surface area contributed by atoms with Crippen LogP contribution in [0.25, 0.3) is 0 Å². The maximum Gasteiger partial charge on any atom is 0.181 e. The van der Waals surface area contributed by atoms with E-state index in [1.807, 2.05) is 6.07 Å². The number of hydrogen-bond acceptors (Lipinski definition) is 2. The van der Waals surface area contributed by atoms with E-state index in [-0.39, 0.29) is 5.78 Å². The first-order chi connectivity index (χ1) is 6.81. The van der Waals surface area contributed by atoms with E-state index >= 15 is 0 Å². The number of alkyl halides is 1. The van der Waals surface area contributed by atoms with E-state index in [0.29, 0.717) is 17.8 Å². The van der Waals surface area contributed by atoms with Crippen LogP contribution < -0.4 is 0 Å². The molecule has 0 spiro atoms. The third-order valence-electron chi connectivity index (χ3n) is 2.54. The van der Waals surface area contributed by atoms with Crippen LogP contribution in [0.5, 0.6) is 0 Å². The SMILES string of the molecule is O=C1CCCCc2ccc(CF)nc21. The average Bonchev–Trinajstić information content (AvgIpc) is 2.40. The minimum atomic E-state index is -0.597. The monoisotopic (exact) mass is 193 g/mol. The lowest BCUT2D eigenvalue weighted by atomic mass is 10.1. The van der Waals surface area contributed by atoms with Crippen molar-refractivity contribution in [1.82, 2.24) is 4.98 Å². The standard InChI is InChI=1S/C11H12FNO/c12-7-9-6-5-8-3-1-2-4-10(14)11(8)13-9/h5-6H,1-4,7H2. The molecule has 0 atom stereocenters. The van der Waals surface area contributed by atoms with Gasteiger partial charge in [0.2, 0.25) is 0 Å². The van der Waals surface area contributed by atoms with Crippen LogP contribution in [-0.4, -0.2) is 10.8 Å². The molecule has 1 aromatic rings. The Kier molecular flexibility index (Phi) is 2.57. The predicted molar refractivity (Wildman–Crippen MR) is 50.9 cm³/mol. The van der Waals surface area contributed by atoms with Crippen molar-refractivity contribution in [3.8, 4) is 0 Å². The predicted octanol–water partition coefficient (Wildman–Crippen LogP) is 2.46. The van der Waals surface area contributed by atoms with Gasteiger partial charge in [0.15, 0.2) is 5.78 Å². The first kappa shape index (κ1) is 9.31. The molecule has 0 aromatic carbocycles. The van der Waals surface area contributed by atoms with Crippen LogP contribution in [0.2, 0.25) is 0 Å². The van der Waals surface area contributed by atoms with Crippen molar-refractivity contribution < 1.29 is 9.18 Å². The molecule has 0 bridgehead atoms. The van der Waals surface area contributed by atoms with Gasteiger partial charge in [-0.3, -0.25) is 4.79 Å². The van der Waals surface area contributed by atoms with Crippen LogP contribution in [0.4, 0.5) is 4.39 Å². The molecule has 1 aliphatic carbocycles. The summed E-state index contributed by atoms with van der Waals surface area (Å²) in [6.07, 6.45) is 3.38. The first-order valence-electron chi connectivity index (χ1n) is 4.89. The fourth-order valence-corrected chi connectivity index (χ4v) is 1.77. The van der Waals surface area contributed by atoms with Crippen LogP contribution in [-0.2, 0) is 13.1 Å². The number of aromatic nitrogens is 1. The van der Waals surface area contributed by atoms with Gasteiger partial charge in [-0.2, -0.15) is 0 Å². The van der Waals surface area contributed by atoms with Gasteiger partial charge in [0.25, 0.3) is 0 Å². The molecule has 0 amide bonds. The number of fused-ring (bicyclic) bond motifs is 1. The van der Waals surface area contributed by atoms with Crippen LogP contribution in [0.15, 0.2) is 12.1 Å². The molecule has 0 radical (unpaired) electrons. The van der Waals surface area contributed by atoms with E-state index < -0.39 is 6.67 Å². The molecule has 0 saturated heterocycles. The Balaban J connectivity index is 2.44. The molecule has 1 aliphatic rings. The minimum Gasteiger partial charge on any atom is -0.292 e. The lowest BCUT2D eigenvalue weighted by molar-refractivity contribution is 0.0977. The molecule has 0 N–H and O–H groups in total. The van der Waals surface area contributed by atoms with E-state index in [4.69, 9.17) is 0 Å². The molecular weight excluding hydrogens is 181 g/mol. The highest BCUT2D eigenvalue weighted by molar-refractivity contribution is 5.95. The maximum absolute atomic E-state index is 12.4. The summed E-state index contributed by atoms with van der Waals surface area (Å²) in [6, 6.07) is 3.50. The van der Waals surface area contributed by atoms with E-state index in [9.17, 15) is 9.18 Å². The van der Waals surface area contributed by atoms with Gasteiger partial charge in [0, 0.05) is 6.42 Å². The Bertz CT molecular complexity index is 362. The molecule has 2 nitrogen and oxygen atoms in total. The second-order valence-corrected chi connectivity index (χ2v) is 3.57. The summed E-state index contributed by atoms with van der Waals surface area (Å²) in [5.74, 6) is 0.0628. The van der Waals surface area contributed by atoms with Crippen LogP contribution in [0.1, 0.15) is 41.0 Å². The molecule has 0 unspecified atom stereocenters. The van der Waals surface area contributed by atoms with Crippen LogP contribution in [0.3, 0.4) is 0 Å². The third kappa shape index (κ3) is 1.67. The molecule has 2 rings (SSSR count). The fraction of sp³-hybridized carbons (Fsp3) is 0.455. The maximum atomic E-state index is 12.4. The number of hydrogen-bond donors (Lipinski definition) is 0. The highest BCUT2D eigenvalue weighted by atomic mass is 19.1. The van der Waals surface area contributed by atoms with E-state index in [1.165, 1.54) is 0 Å². The molecule has 3 heteroatoms. The second-order valence-electron chi connectivity index (χ2n) is 3.57. The number of rotatable bonds is 1. The van der Waals surface area contributed by atoms with Crippen molar-refractivity contribution in [2.24, 2.45) is 0 Å². The van der Waals surface area contributed by atoms with Gasteiger partial charge >= 0.3 is 0 Å². The van der Waals surface area contributed by atoms with Crippen LogP contribution >= 0.6 is 0 Å². The Morgan fingerprint density at radius 1 is 1.29 bits per heavy atom. The van der Waals surface area contributed by atoms with Gasteiger partial charge in [0.05, 0.1) is 5.69 Å². The largest absolute Gasteiger partial charge is 0.292 e. The first-order valence-corrected chi connectivity index (χ1v) is 4.89. The number of carbonyl (C=O) groups excluding carboxylic acids is 1. The Labute approximate surface area is 82.2 Å². The number of pyridine rings is 1. The lowest BCUT2D eigenvalue weighted by Crippen LogP contribution is -2.05. The quantitative estimate of drug-likeness (QED) is 0.641. The summed E-state index contributed by atoms with van der Waals surface area (Å²) in [4.78, 5) is 15.6. The summed E-state index contributed by atoms with van der Waals surface area (Å²) in [5.41, 5.74) is 1.83. The number of aryl methyl sites for hydroxylation is 1. The summed E-state index contributed by atoms with van der Waals surface area (Å²) >= 11 is 0. The minimum absolute atomic E-state index is 0.0628. The number of Topliss-reactive ketones (excluding diaryl/α,β-unsaturated/α-hetero) is 1. The van der Waals surface area contributed by atoms with Gasteiger partial charge in [0.1, 0.15) is 12.4 Å². The fourth-order valence-electron chi connectivity index (χ4n) is 1.77. The van der Waals surface area contributed by atoms with Crippen molar-refractivity contribution in [2.75, 3.05) is 0 Å². The summed E-state index contributed by atoms with van der Waals surface area (Å²) in [6.45, 7) is -0.597. The number of halogens is 1. The molecule has 0 fully saturated rings. The number of ketones is 1. The zero-order valence-electron chi connectivity index (χ0n) is 7.92. The molecule has 14 heavy (non-hydrogen) atoms. The number of nitrogens with zero attached hydrogens (tertiary/aromatic N) is 1. The molecule has 1 aromatic heterocycles. The van der Waals surface area contributed by atoms with Gasteiger partial charge in [-0.25, -0.2) is 9.37 Å². The van der Waals surface area contributed by atoms with E-state index in [0.717, 1.165) is 24.8 Å². The normalized spacial score (nSPS) is 16.2. The smallest absolute Gasteiger partial charge is 0.181 e. The van der Waals surface area contributed by atoms with Crippen LogP contribution in [0, 0.1) is 0 Å². The lowest BCUT2D eigenvalue weighted by Gasteiger charge is -2.04. The van der Waals surface area contributed by atoms with Crippen molar-refractivity contribution >= 4 is 5.78 Å². The Morgan fingerprint density at radius 3 is 2.86 bits per heavy atom. The molecule has 1 heterocycles. The van der Waals surface area contributed by atoms with Gasteiger partial charge < -0.3 is 0 Å². The molecule has 0 aliphatic heterocycles. The Morgan fingerprint density at radius 2 is 2.07 bits per heavy atom. The summed E-state index contributed by atoms with van der Waals surface area (Å²) < 4.78 is 12.4. The van der Waals surface area contributed by atoms with Crippen molar-refractivity contribution in [3.05, 3.63) is 29.1 Å². The zero-order chi connectivity index (χ0) is 9.97. The van der Waals surface area contributed by atoms with E-state index in [1.54, 1.807) is 6.07 Å². The topological polar surface area (TPSA) is 30.0 Å². The Hall–Kier alpha value is -1.25.